The summed E-state index contributed by atoms with van der Waals surface area (Å²) in [6, 6.07) is 7.33. The van der Waals surface area contributed by atoms with Gasteiger partial charge in [0.05, 0.1) is 6.10 Å². The molecule has 1 aliphatic rings. The molecule has 7 nitrogen and oxygen atoms in total. The molecule has 1 amide bonds. The predicted octanol–water partition coefficient (Wildman–Crippen LogP) is 1.38. The molecule has 0 spiro atoms. The lowest BCUT2D eigenvalue weighted by molar-refractivity contribution is 0.00989. The zero-order chi connectivity index (χ0) is 18.8. The van der Waals surface area contributed by atoms with E-state index in [1.807, 2.05) is 18.2 Å². The van der Waals surface area contributed by atoms with Gasteiger partial charge in [0.1, 0.15) is 0 Å². The topological polar surface area (TPSA) is 89.2 Å². The lowest BCUT2D eigenvalue weighted by Gasteiger charge is -2.34. The van der Waals surface area contributed by atoms with Gasteiger partial charge in [0.2, 0.25) is 5.91 Å². The maximum Gasteiger partial charge on any atom is 0.248 e. The maximum atomic E-state index is 11.3. The van der Waals surface area contributed by atoms with Crippen molar-refractivity contribution in [3.63, 3.8) is 0 Å². The fraction of sp³-hybridized carbons (Fsp3) is 0.579. The molecule has 1 heterocycles. The SMILES string of the molecule is CN=C(NCc1cccc(C(N)=O)c1)N1CCC(OCCCOC)CC1. The van der Waals surface area contributed by atoms with E-state index in [2.05, 4.69) is 15.2 Å². The number of aliphatic imine (C=N–C) groups is 1. The van der Waals surface area contributed by atoms with Gasteiger partial charge in [-0.3, -0.25) is 9.79 Å². The minimum Gasteiger partial charge on any atom is -0.385 e. The van der Waals surface area contributed by atoms with E-state index in [1.54, 1.807) is 20.2 Å². The van der Waals surface area contributed by atoms with Crippen LogP contribution in [0.2, 0.25) is 0 Å². The molecule has 7 heteroatoms. The first-order valence-corrected chi connectivity index (χ1v) is 9.09. The van der Waals surface area contributed by atoms with Gasteiger partial charge in [-0.05, 0) is 37.0 Å². The fourth-order valence-electron chi connectivity index (χ4n) is 3.04. The van der Waals surface area contributed by atoms with E-state index in [1.165, 1.54) is 0 Å². The van der Waals surface area contributed by atoms with Gasteiger partial charge >= 0.3 is 0 Å². The third kappa shape index (κ3) is 6.31. The van der Waals surface area contributed by atoms with Crippen LogP contribution in [0.4, 0.5) is 0 Å². The summed E-state index contributed by atoms with van der Waals surface area (Å²) in [4.78, 5) is 17.9. The molecule has 1 aromatic rings. The number of nitrogens with two attached hydrogens (primary N) is 1. The first-order valence-electron chi connectivity index (χ1n) is 9.09. The Kier molecular flexibility index (Phi) is 8.37. The molecule has 0 bridgehead atoms. The van der Waals surface area contributed by atoms with Crippen molar-refractivity contribution in [3.8, 4) is 0 Å². The highest BCUT2D eigenvalue weighted by Crippen LogP contribution is 2.14. The molecule has 0 atom stereocenters. The van der Waals surface area contributed by atoms with Crippen LogP contribution in [0.1, 0.15) is 35.2 Å². The third-order valence-electron chi connectivity index (χ3n) is 4.46. The molecule has 0 saturated carbocycles. The van der Waals surface area contributed by atoms with Crippen LogP contribution in [0.3, 0.4) is 0 Å². The number of amides is 1. The summed E-state index contributed by atoms with van der Waals surface area (Å²) in [5, 5.41) is 3.36. The molecule has 0 aromatic heterocycles. The average molecular weight is 362 g/mol. The summed E-state index contributed by atoms with van der Waals surface area (Å²) in [7, 11) is 3.50. The number of hydrogen-bond acceptors (Lipinski definition) is 4. The smallest absolute Gasteiger partial charge is 0.248 e. The highest BCUT2D eigenvalue weighted by molar-refractivity contribution is 5.92. The average Bonchev–Trinajstić information content (AvgIpc) is 2.67. The van der Waals surface area contributed by atoms with Crippen molar-refractivity contribution < 1.29 is 14.3 Å². The summed E-state index contributed by atoms with van der Waals surface area (Å²) in [5.74, 6) is 0.455. The first-order chi connectivity index (χ1) is 12.6. The van der Waals surface area contributed by atoms with E-state index < -0.39 is 5.91 Å². The van der Waals surface area contributed by atoms with Crippen LogP contribution < -0.4 is 11.1 Å². The van der Waals surface area contributed by atoms with Gasteiger partial charge < -0.3 is 25.4 Å². The molecule has 26 heavy (non-hydrogen) atoms. The second-order valence-electron chi connectivity index (χ2n) is 6.37. The minimum absolute atomic E-state index is 0.313. The van der Waals surface area contributed by atoms with Crippen LogP contribution in [0.15, 0.2) is 29.3 Å². The number of ether oxygens (including phenoxy) is 2. The van der Waals surface area contributed by atoms with Gasteiger partial charge in [-0.15, -0.1) is 0 Å². The second-order valence-corrected chi connectivity index (χ2v) is 6.37. The Morgan fingerprint density at radius 3 is 2.77 bits per heavy atom. The molecule has 0 unspecified atom stereocenters. The Labute approximate surface area is 155 Å². The van der Waals surface area contributed by atoms with Gasteiger partial charge in [0, 0.05) is 52.6 Å². The Bertz CT molecular complexity index is 598. The number of primary amides is 1. The number of piperidine rings is 1. The molecule has 0 radical (unpaired) electrons. The molecule has 2 rings (SSSR count). The maximum absolute atomic E-state index is 11.3. The molecule has 1 aliphatic heterocycles. The van der Waals surface area contributed by atoms with E-state index >= 15 is 0 Å². The third-order valence-corrected chi connectivity index (χ3v) is 4.46. The largest absolute Gasteiger partial charge is 0.385 e. The molecule has 1 aromatic carbocycles. The number of guanidine groups is 1. The van der Waals surface area contributed by atoms with Crippen LogP contribution in [-0.4, -0.2) is 63.3 Å². The second kappa shape index (κ2) is 10.8. The predicted molar refractivity (Wildman–Crippen MR) is 102 cm³/mol. The Balaban J connectivity index is 1.77. The number of hydrogen-bond donors (Lipinski definition) is 2. The van der Waals surface area contributed by atoms with Gasteiger partial charge in [-0.25, -0.2) is 0 Å². The monoisotopic (exact) mass is 362 g/mol. The number of likely N-dealkylation sites (tertiary alicyclic amines) is 1. The summed E-state index contributed by atoms with van der Waals surface area (Å²) >= 11 is 0. The number of carbonyl (C=O) groups is 1. The van der Waals surface area contributed by atoms with Crippen LogP contribution in [-0.2, 0) is 16.0 Å². The van der Waals surface area contributed by atoms with Gasteiger partial charge in [-0.2, -0.15) is 0 Å². The zero-order valence-electron chi connectivity index (χ0n) is 15.7. The number of nitrogens with one attached hydrogen (secondary N) is 1. The van der Waals surface area contributed by atoms with E-state index in [9.17, 15) is 4.79 Å². The van der Waals surface area contributed by atoms with Gasteiger partial charge in [-0.1, -0.05) is 12.1 Å². The van der Waals surface area contributed by atoms with Crippen LogP contribution in [0, 0.1) is 0 Å². The summed E-state index contributed by atoms with van der Waals surface area (Å²) in [6.45, 7) is 3.92. The lowest BCUT2D eigenvalue weighted by atomic mass is 10.1. The number of methoxy groups -OCH3 is 1. The fourth-order valence-corrected chi connectivity index (χ4v) is 3.04. The number of nitrogens with zero attached hydrogens (tertiary/aromatic N) is 2. The molecule has 1 saturated heterocycles. The van der Waals surface area contributed by atoms with Crippen molar-refractivity contribution in [2.75, 3.05) is 40.5 Å². The Morgan fingerprint density at radius 2 is 2.12 bits per heavy atom. The molecule has 144 valence electrons. The van der Waals surface area contributed by atoms with E-state index in [0.717, 1.165) is 57.1 Å². The normalized spacial score (nSPS) is 15.9. The molecule has 1 fully saturated rings. The number of benzene rings is 1. The first kappa shape index (κ1) is 20.2. The molecular formula is C19H30N4O3. The van der Waals surface area contributed by atoms with Gasteiger partial charge in [0.25, 0.3) is 0 Å². The van der Waals surface area contributed by atoms with Crippen LogP contribution in [0.5, 0.6) is 0 Å². The van der Waals surface area contributed by atoms with Crippen molar-refractivity contribution in [1.82, 2.24) is 10.2 Å². The molecule has 0 aliphatic carbocycles. The highest BCUT2D eigenvalue weighted by atomic mass is 16.5. The highest BCUT2D eigenvalue weighted by Gasteiger charge is 2.21. The van der Waals surface area contributed by atoms with Crippen LogP contribution >= 0.6 is 0 Å². The van der Waals surface area contributed by atoms with Crippen molar-refractivity contribution in [2.24, 2.45) is 10.7 Å². The molecular weight excluding hydrogens is 332 g/mol. The molecule has 3 N–H and O–H groups in total. The van der Waals surface area contributed by atoms with Crippen molar-refractivity contribution >= 4 is 11.9 Å². The lowest BCUT2D eigenvalue weighted by Crippen LogP contribution is -2.46. The number of carbonyl (C=O) groups excluding carboxylic acids is 1. The minimum atomic E-state index is -0.413. The van der Waals surface area contributed by atoms with E-state index in [-0.39, 0.29) is 0 Å². The zero-order valence-corrected chi connectivity index (χ0v) is 15.7. The van der Waals surface area contributed by atoms with E-state index in [0.29, 0.717) is 18.2 Å². The van der Waals surface area contributed by atoms with Gasteiger partial charge in [0.15, 0.2) is 5.96 Å². The standard InChI is InChI=1S/C19H30N4O3/c1-21-19(22-14-15-5-3-6-16(13-15)18(20)24)23-9-7-17(8-10-23)26-12-4-11-25-2/h3,5-6,13,17H,4,7-12,14H2,1-2H3,(H2,20,24)(H,21,22). The Morgan fingerprint density at radius 1 is 1.35 bits per heavy atom. The summed E-state index contributed by atoms with van der Waals surface area (Å²) in [5.41, 5.74) is 6.85. The van der Waals surface area contributed by atoms with Crippen LogP contribution in [0.25, 0.3) is 0 Å². The quantitative estimate of drug-likeness (QED) is 0.414. The van der Waals surface area contributed by atoms with Crippen molar-refractivity contribution in [1.29, 1.82) is 0 Å². The summed E-state index contributed by atoms with van der Waals surface area (Å²) < 4.78 is 10.9. The van der Waals surface area contributed by atoms with Crippen molar-refractivity contribution in [3.05, 3.63) is 35.4 Å². The van der Waals surface area contributed by atoms with Crippen molar-refractivity contribution in [2.45, 2.75) is 31.9 Å². The van der Waals surface area contributed by atoms with E-state index in [4.69, 9.17) is 15.2 Å². The Hall–Kier alpha value is -2.12. The summed E-state index contributed by atoms with van der Waals surface area (Å²) in [6.07, 6.45) is 3.23. The number of rotatable bonds is 8.